The van der Waals surface area contributed by atoms with Crippen molar-refractivity contribution < 1.29 is 18.4 Å². The number of nitrogens with zero attached hydrogens (tertiary/aromatic N) is 2. The van der Waals surface area contributed by atoms with Crippen LogP contribution in [0.1, 0.15) is 30.1 Å². The molecule has 0 bridgehead atoms. The molecule has 1 fully saturated rings. The summed E-state index contributed by atoms with van der Waals surface area (Å²) in [7, 11) is 1.35. The Kier molecular flexibility index (Phi) is 3.00. The summed E-state index contributed by atoms with van der Waals surface area (Å²) >= 11 is 0. The predicted octanol–water partition coefficient (Wildman–Crippen LogP) is 2.00. The molecule has 2 aromatic rings. The van der Waals surface area contributed by atoms with Gasteiger partial charge in [-0.25, -0.2) is 4.39 Å². The Labute approximate surface area is 114 Å². The fourth-order valence-electron chi connectivity index (χ4n) is 2.13. The molecule has 1 aliphatic rings. The third-order valence-corrected chi connectivity index (χ3v) is 3.48. The van der Waals surface area contributed by atoms with E-state index in [0.717, 1.165) is 5.56 Å². The number of esters is 1. The van der Waals surface area contributed by atoms with Gasteiger partial charge in [-0.15, -0.1) is 0 Å². The first-order chi connectivity index (χ1) is 9.64. The fourth-order valence-corrected chi connectivity index (χ4v) is 2.13. The Balaban J connectivity index is 1.77. The molecule has 0 saturated heterocycles. The van der Waals surface area contributed by atoms with Gasteiger partial charge >= 0.3 is 5.97 Å². The van der Waals surface area contributed by atoms with Crippen molar-refractivity contribution >= 4 is 5.97 Å². The van der Waals surface area contributed by atoms with Crippen LogP contribution in [0.15, 0.2) is 28.8 Å². The molecule has 1 saturated carbocycles. The number of ether oxygens (including phenoxy) is 1. The molecular formula is C14H13FN2O3. The van der Waals surface area contributed by atoms with E-state index in [2.05, 4.69) is 10.1 Å². The molecule has 1 aromatic heterocycles. The Morgan fingerprint density at radius 2 is 2.10 bits per heavy atom. The molecule has 1 heterocycles. The first-order valence-electron chi connectivity index (χ1n) is 6.30. The molecule has 0 amide bonds. The van der Waals surface area contributed by atoms with Gasteiger partial charge in [0.1, 0.15) is 11.2 Å². The second-order valence-electron chi connectivity index (χ2n) is 4.89. The van der Waals surface area contributed by atoms with Crippen LogP contribution in [0.4, 0.5) is 4.39 Å². The van der Waals surface area contributed by atoms with E-state index in [1.165, 1.54) is 19.2 Å². The minimum absolute atomic E-state index is 0.287. The van der Waals surface area contributed by atoms with E-state index in [1.54, 1.807) is 12.1 Å². The Morgan fingerprint density at radius 3 is 2.70 bits per heavy atom. The van der Waals surface area contributed by atoms with Crippen LogP contribution in [-0.4, -0.2) is 23.2 Å². The van der Waals surface area contributed by atoms with Gasteiger partial charge in [0.25, 0.3) is 0 Å². The SMILES string of the molecule is COC(=O)C1(c2nc(Cc3ccc(F)cc3)no2)CC1. The van der Waals surface area contributed by atoms with Crippen LogP contribution in [0.3, 0.4) is 0 Å². The average Bonchev–Trinajstić information content (AvgIpc) is 3.15. The highest BCUT2D eigenvalue weighted by molar-refractivity contribution is 5.85. The van der Waals surface area contributed by atoms with Crippen LogP contribution in [0.25, 0.3) is 0 Å². The average molecular weight is 276 g/mol. The molecule has 0 atom stereocenters. The predicted molar refractivity (Wildman–Crippen MR) is 66.4 cm³/mol. The maximum absolute atomic E-state index is 12.8. The van der Waals surface area contributed by atoms with E-state index in [-0.39, 0.29) is 11.8 Å². The number of carbonyl (C=O) groups is 1. The van der Waals surface area contributed by atoms with Gasteiger partial charge < -0.3 is 9.26 Å². The Hall–Kier alpha value is -2.24. The summed E-state index contributed by atoms with van der Waals surface area (Å²) in [6.45, 7) is 0. The number of hydrogen-bond donors (Lipinski definition) is 0. The highest BCUT2D eigenvalue weighted by Crippen LogP contribution is 2.48. The van der Waals surface area contributed by atoms with E-state index in [9.17, 15) is 9.18 Å². The molecule has 0 spiro atoms. The van der Waals surface area contributed by atoms with Gasteiger partial charge in [-0.1, -0.05) is 17.3 Å². The van der Waals surface area contributed by atoms with Crippen LogP contribution in [0.2, 0.25) is 0 Å². The largest absolute Gasteiger partial charge is 0.468 e. The maximum Gasteiger partial charge on any atom is 0.321 e. The summed E-state index contributed by atoms with van der Waals surface area (Å²) < 4.78 is 22.8. The third-order valence-electron chi connectivity index (χ3n) is 3.48. The second-order valence-corrected chi connectivity index (χ2v) is 4.89. The molecule has 0 radical (unpaired) electrons. The summed E-state index contributed by atoms with van der Waals surface area (Å²) in [6, 6.07) is 6.09. The molecule has 0 N–H and O–H groups in total. The summed E-state index contributed by atoms with van der Waals surface area (Å²) in [6.07, 6.45) is 1.76. The lowest BCUT2D eigenvalue weighted by atomic mass is 10.1. The highest BCUT2D eigenvalue weighted by Gasteiger charge is 2.57. The lowest BCUT2D eigenvalue weighted by molar-refractivity contribution is -0.144. The second kappa shape index (κ2) is 4.70. The monoisotopic (exact) mass is 276 g/mol. The summed E-state index contributed by atoms with van der Waals surface area (Å²) in [5, 5.41) is 3.87. The number of methoxy groups -OCH3 is 1. The molecule has 6 heteroatoms. The summed E-state index contributed by atoms with van der Waals surface area (Å²) in [4.78, 5) is 16.0. The van der Waals surface area contributed by atoms with Gasteiger partial charge in [0.05, 0.1) is 7.11 Å². The van der Waals surface area contributed by atoms with Crippen molar-refractivity contribution in [2.45, 2.75) is 24.7 Å². The van der Waals surface area contributed by atoms with Crippen LogP contribution in [0, 0.1) is 5.82 Å². The summed E-state index contributed by atoms with van der Waals surface area (Å²) in [5.74, 6) is 0.155. The zero-order chi connectivity index (χ0) is 14.2. The molecular weight excluding hydrogens is 263 g/mol. The number of halogens is 1. The maximum atomic E-state index is 12.8. The van der Waals surface area contributed by atoms with Gasteiger partial charge in [0.15, 0.2) is 5.82 Å². The smallest absolute Gasteiger partial charge is 0.321 e. The van der Waals surface area contributed by atoms with Crippen molar-refractivity contribution in [2.24, 2.45) is 0 Å². The number of benzene rings is 1. The quantitative estimate of drug-likeness (QED) is 0.799. The lowest BCUT2D eigenvalue weighted by Gasteiger charge is -2.05. The molecule has 0 unspecified atom stereocenters. The number of aromatic nitrogens is 2. The standard InChI is InChI=1S/C14H13FN2O3/c1-19-13(18)14(6-7-14)12-16-11(17-20-12)8-9-2-4-10(15)5-3-9/h2-5H,6-8H2,1H3. The normalized spacial score (nSPS) is 15.9. The highest BCUT2D eigenvalue weighted by atomic mass is 19.1. The van der Waals surface area contributed by atoms with E-state index < -0.39 is 5.41 Å². The first kappa shape index (κ1) is 12.8. The topological polar surface area (TPSA) is 65.2 Å². The summed E-state index contributed by atoms with van der Waals surface area (Å²) in [5.41, 5.74) is 0.129. The van der Waals surface area contributed by atoms with Crippen LogP contribution in [0.5, 0.6) is 0 Å². The minimum Gasteiger partial charge on any atom is -0.468 e. The minimum atomic E-state index is -0.747. The van der Waals surface area contributed by atoms with Gasteiger partial charge in [-0.05, 0) is 30.5 Å². The number of hydrogen-bond acceptors (Lipinski definition) is 5. The molecule has 0 aliphatic heterocycles. The van der Waals surface area contributed by atoms with Crippen molar-refractivity contribution in [3.8, 4) is 0 Å². The van der Waals surface area contributed by atoms with Crippen molar-refractivity contribution in [1.82, 2.24) is 10.1 Å². The van der Waals surface area contributed by atoms with E-state index >= 15 is 0 Å². The van der Waals surface area contributed by atoms with Crippen LogP contribution >= 0.6 is 0 Å². The molecule has 1 aromatic carbocycles. The van der Waals surface area contributed by atoms with Crippen LogP contribution < -0.4 is 0 Å². The molecule has 1 aliphatic carbocycles. The zero-order valence-electron chi connectivity index (χ0n) is 10.9. The number of carbonyl (C=O) groups excluding carboxylic acids is 1. The molecule has 104 valence electrons. The van der Waals surface area contributed by atoms with Crippen molar-refractivity contribution in [3.05, 3.63) is 47.4 Å². The van der Waals surface area contributed by atoms with E-state index in [4.69, 9.17) is 9.26 Å². The van der Waals surface area contributed by atoms with E-state index in [0.29, 0.717) is 31.0 Å². The van der Waals surface area contributed by atoms with Crippen molar-refractivity contribution in [1.29, 1.82) is 0 Å². The Morgan fingerprint density at radius 1 is 1.40 bits per heavy atom. The van der Waals surface area contributed by atoms with E-state index in [1.807, 2.05) is 0 Å². The van der Waals surface area contributed by atoms with Gasteiger partial charge in [-0.3, -0.25) is 4.79 Å². The van der Waals surface area contributed by atoms with Crippen molar-refractivity contribution in [2.75, 3.05) is 7.11 Å². The van der Waals surface area contributed by atoms with Gasteiger partial charge in [0, 0.05) is 6.42 Å². The molecule has 5 nitrogen and oxygen atoms in total. The lowest BCUT2D eigenvalue weighted by Crippen LogP contribution is -2.22. The zero-order valence-corrected chi connectivity index (χ0v) is 10.9. The van der Waals surface area contributed by atoms with Crippen LogP contribution in [-0.2, 0) is 21.4 Å². The number of rotatable bonds is 4. The third kappa shape index (κ3) is 2.17. The fraction of sp³-hybridized carbons (Fsp3) is 0.357. The first-order valence-corrected chi connectivity index (χ1v) is 6.30. The van der Waals surface area contributed by atoms with Gasteiger partial charge in [-0.2, -0.15) is 4.98 Å². The Bertz CT molecular complexity index is 632. The van der Waals surface area contributed by atoms with Gasteiger partial charge in [0.2, 0.25) is 5.89 Å². The molecule has 3 rings (SSSR count). The van der Waals surface area contributed by atoms with Crippen molar-refractivity contribution in [3.63, 3.8) is 0 Å². The molecule has 20 heavy (non-hydrogen) atoms.